The van der Waals surface area contributed by atoms with Crippen molar-refractivity contribution in [2.24, 2.45) is 5.92 Å². The Hall–Kier alpha value is -2.24. The van der Waals surface area contributed by atoms with E-state index in [0.29, 0.717) is 30.8 Å². The lowest BCUT2D eigenvalue weighted by molar-refractivity contribution is -0.144. The predicted molar refractivity (Wildman–Crippen MR) is 81.2 cm³/mol. The lowest BCUT2D eigenvalue weighted by Crippen LogP contribution is -2.31. The molecule has 1 amide bonds. The largest absolute Gasteiger partial charge is 0.469 e. The Morgan fingerprint density at radius 3 is 2.71 bits per heavy atom. The number of rotatable bonds is 3. The number of hydrogen-bond donors (Lipinski definition) is 1. The van der Waals surface area contributed by atoms with E-state index >= 15 is 0 Å². The highest BCUT2D eigenvalue weighted by atomic mass is 16.5. The number of nitrogens with zero attached hydrogens (tertiary/aromatic N) is 2. The van der Waals surface area contributed by atoms with Crippen molar-refractivity contribution in [1.82, 2.24) is 4.90 Å². The van der Waals surface area contributed by atoms with Gasteiger partial charge in [-0.15, -0.1) is 0 Å². The topological polar surface area (TPSA) is 75.9 Å². The molecule has 0 radical (unpaired) electrons. The Balaban J connectivity index is 2.21. The second-order valence-corrected chi connectivity index (χ2v) is 5.43. The van der Waals surface area contributed by atoms with Crippen molar-refractivity contribution in [1.29, 1.82) is 0 Å². The van der Waals surface area contributed by atoms with Gasteiger partial charge in [0.05, 0.1) is 18.6 Å². The molecule has 1 atom stereocenters. The number of hydrogen-bond acceptors (Lipinski definition) is 5. The number of nitrogens with two attached hydrogens (primary N) is 1. The van der Waals surface area contributed by atoms with Crippen molar-refractivity contribution in [3.05, 3.63) is 23.8 Å². The fourth-order valence-corrected chi connectivity index (χ4v) is 2.59. The minimum Gasteiger partial charge on any atom is -0.469 e. The number of carbonyl (C=O) groups is 2. The molecule has 2 rings (SSSR count). The van der Waals surface area contributed by atoms with Crippen molar-refractivity contribution < 1.29 is 14.3 Å². The van der Waals surface area contributed by atoms with Gasteiger partial charge in [0.15, 0.2) is 0 Å². The Kier molecular flexibility index (Phi) is 4.35. The molecule has 114 valence electrons. The summed E-state index contributed by atoms with van der Waals surface area (Å²) in [5, 5.41) is 0. The number of carbonyl (C=O) groups excluding carboxylic acids is 2. The zero-order valence-electron chi connectivity index (χ0n) is 12.6. The van der Waals surface area contributed by atoms with Gasteiger partial charge in [-0.2, -0.15) is 0 Å². The van der Waals surface area contributed by atoms with Crippen LogP contribution in [-0.2, 0) is 9.53 Å². The van der Waals surface area contributed by atoms with E-state index in [4.69, 9.17) is 10.5 Å². The summed E-state index contributed by atoms with van der Waals surface area (Å²) in [6.45, 7) is 0.952. The number of esters is 1. The number of likely N-dealkylation sites (tertiary alicyclic amines) is 1. The minimum atomic E-state index is -0.259. The van der Waals surface area contributed by atoms with Crippen LogP contribution in [0.1, 0.15) is 16.8 Å². The molecular formula is C15H21N3O3. The van der Waals surface area contributed by atoms with Gasteiger partial charge in [-0.3, -0.25) is 9.59 Å². The SMILES string of the molecule is COC(=O)C1CCN(C(=O)c2cc(N)ccc2N(C)C)C1. The quantitative estimate of drug-likeness (QED) is 0.663. The first-order chi connectivity index (χ1) is 9.93. The van der Waals surface area contributed by atoms with Crippen LogP contribution >= 0.6 is 0 Å². The van der Waals surface area contributed by atoms with Crippen LogP contribution in [-0.4, -0.2) is 51.1 Å². The summed E-state index contributed by atoms with van der Waals surface area (Å²) >= 11 is 0. The summed E-state index contributed by atoms with van der Waals surface area (Å²) in [6.07, 6.45) is 0.637. The van der Waals surface area contributed by atoms with Gasteiger partial charge in [0.1, 0.15) is 0 Å². The molecule has 6 nitrogen and oxygen atoms in total. The van der Waals surface area contributed by atoms with Crippen LogP contribution in [0.15, 0.2) is 18.2 Å². The smallest absolute Gasteiger partial charge is 0.310 e. The highest BCUT2D eigenvalue weighted by Gasteiger charge is 2.33. The summed E-state index contributed by atoms with van der Waals surface area (Å²) in [7, 11) is 5.13. The highest BCUT2D eigenvalue weighted by molar-refractivity contribution is 6.01. The molecule has 6 heteroatoms. The summed E-state index contributed by atoms with van der Waals surface area (Å²) < 4.78 is 4.74. The van der Waals surface area contributed by atoms with E-state index in [9.17, 15) is 9.59 Å². The molecule has 1 aliphatic rings. The zero-order chi connectivity index (χ0) is 15.6. The molecule has 1 saturated heterocycles. The number of benzene rings is 1. The molecule has 0 saturated carbocycles. The number of ether oxygens (including phenoxy) is 1. The van der Waals surface area contributed by atoms with Gasteiger partial charge in [-0.25, -0.2) is 0 Å². The van der Waals surface area contributed by atoms with Gasteiger partial charge < -0.3 is 20.3 Å². The lowest BCUT2D eigenvalue weighted by Gasteiger charge is -2.22. The van der Waals surface area contributed by atoms with Crippen molar-refractivity contribution in [2.75, 3.05) is 44.9 Å². The number of nitrogen functional groups attached to an aromatic ring is 1. The van der Waals surface area contributed by atoms with Crippen LogP contribution in [0.3, 0.4) is 0 Å². The molecule has 0 bridgehead atoms. The first kappa shape index (κ1) is 15.2. The third kappa shape index (κ3) is 3.09. The molecular weight excluding hydrogens is 270 g/mol. The Morgan fingerprint density at radius 1 is 1.38 bits per heavy atom. The third-order valence-corrected chi connectivity index (χ3v) is 3.74. The van der Waals surface area contributed by atoms with Gasteiger partial charge in [-0.05, 0) is 24.6 Å². The van der Waals surface area contributed by atoms with Gasteiger partial charge in [0, 0.05) is 38.6 Å². The maximum absolute atomic E-state index is 12.7. The first-order valence-corrected chi connectivity index (χ1v) is 6.88. The monoisotopic (exact) mass is 291 g/mol. The second-order valence-electron chi connectivity index (χ2n) is 5.43. The summed E-state index contributed by atoms with van der Waals surface area (Å²) in [5.41, 5.74) is 7.72. The van der Waals surface area contributed by atoms with Crippen molar-refractivity contribution in [3.63, 3.8) is 0 Å². The van der Waals surface area contributed by atoms with E-state index in [1.807, 2.05) is 25.1 Å². The van der Waals surface area contributed by atoms with Crippen LogP contribution in [0.4, 0.5) is 11.4 Å². The van der Waals surface area contributed by atoms with Crippen LogP contribution in [0.25, 0.3) is 0 Å². The fourth-order valence-electron chi connectivity index (χ4n) is 2.59. The number of methoxy groups -OCH3 is 1. The van der Waals surface area contributed by atoms with E-state index in [-0.39, 0.29) is 17.8 Å². The van der Waals surface area contributed by atoms with E-state index in [1.165, 1.54) is 7.11 Å². The van der Waals surface area contributed by atoms with Gasteiger partial charge in [-0.1, -0.05) is 0 Å². The van der Waals surface area contributed by atoms with Crippen molar-refractivity contribution in [3.8, 4) is 0 Å². The highest BCUT2D eigenvalue weighted by Crippen LogP contribution is 2.26. The molecule has 2 N–H and O–H groups in total. The van der Waals surface area contributed by atoms with E-state index in [0.717, 1.165) is 5.69 Å². The predicted octanol–water partition coefficient (Wildman–Crippen LogP) is 0.970. The Bertz CT molecular complexity index is 557. The molecule has 21 heavy (non-hydrogen) atoms. The Labute approximate surface area is 124 Å². The molecule has 1 aliphatic heterocycles. The molecule has 0 spiro atoms. The summed E-state index contributed by atoms with van der Waals surface area (Å²) in [5.74, 6) is -0.592. The molecule has 0 aliphatic carbocycles. The average Bonchev–Trinajstić information content (AvgIpc) is 2.95. The normalized spacial score (nSPS) is 17.7. The first-order valence-electron chi connectivity index (χ1n) is 6.88. The molecule has 1 heterocycles. The Morgan fingerprint density at radius 2 is 2.10 bits per heavy atom. The minimum absolute atomic E-state index is 0.0996. The summed E-state index contributed by atoms with van der Waals surface area (Å²) in [4.78, 5) is 27.8. The molecule has 0 aromatic heterocycles. The van der Waals surface area contributed by atoms with Crippen molar-refractivity contribution in [2.45, 2.75) is 6.42 Å². The standard InChI is InChI=1S/C15H21N3O3/c1-17(2)13-5-4-11(16)8-12(13)14(19)18-7-6-10(9-18)15(20)21-3/h4-5,8,10H,6-7,9,16H2,1-3H3. The van der Waals surface area contributed by atoms with E-state index in [2.05, 4.69) is 0 Å². The summed E-state index contributed by atoms with van der Waals surface area (Å²) in [6, 6.07) is 5.28. The second kappa shape index (κ2) is 6.03. The van der Waals surface area contributed by atoms with Gasteiger partial charge in [0.2, 0.25) is 0 Å². The fraction of sp³-hybridized carbons (Fsp3) is 0.467. The molecule has 1 unspecified atom stereocenters. The van der Waals surface area contributed by atoms with Crippen LogP contribution in [0.2, 0.25) is 0 Å². The number of amides is 1. The van der Waals surface area contributed by atoms with Gasteiger partial charge >= 0.3 is 5.97 Å². The van der Waals surface area contributed by atoms with Gasteiger partial charge in [0.25, 0.3) is 5.91 Å². The molecule has 1 aromatic carbocycles. The van der Waals surface area contributed by atoms with Crippen molar-refractivity contribution >= 4 is 23.3 Å². The lowest BCUT2D eigenvalue weighted by atomic mass is 10.1. The van der Waals surface area contributed by atoms with E-state index in [1.54, 1.807) is 17.0 Å². The zero-order valence-corrected chi connectivity index (χ0v) is 12.6. The molecule has 1 fully saturated rings. The van der Waals surface area contributed by atoms with Crippen LogP contribution < -0.4 is 10.6 Å². The maximum Gasteiger partial charge on any atom is 0.310 e. The average molecular weight is 291 g/mol. The molecule has 1 aromatic rings. The van der Waals surface area contributed by atoms with Crippen LogP contribution in [0.5, 0.6) is 0 Å². The van der Waals surface area contributed by atoms with Crippen LogP contribution in [0, 0.1) is 5.92 Å². The van der Waals surface area contributed by atoms with E-state index < -0.39 is 0 Å². The maximum atomic E-state index is 12.7. The number of anilines is 2. The third-order valence-electron chi connectivity index (χ3n) is 3.74.